The smallest absolute Gasteiger partial charge is 0.369 e. The van der Waals surface area contributed by atoms with Gasteiger partial charge in [-0.05, 0) is 17.7 Å². The van der Waals surface area contributed by atoms with E-state index in [0.29, 0.717) is 0 Å². The van der Waals surface area contributed by atoms with E-state index >= 15 is 0 Å². The molecule has 0 atom stereocenters. The molecule has 2 rings (SSSR count). The van der Waals surface area contributed by atoms with Crippen molar-refractivity contribution in [2.75, 3.05) is 5.75 Å². The van der Waals surface area contributed by atoms with Crippen LogP contribution >= 0.6 is 11.8 Å². The molecule has 1 aromatic rings. The Morgan fingerprint density at radius 1 is 1.29 bits per heavy atom. The third kappa shape index (κ3) is 3.03. The van der Waals surface area contributed by atoms with Gasteiger partial charge in [0.15, 0.2) is 0 Å². The summed E-state index contributed by atoms with van der Waals surface area (Å²) < 4.78 is 39.0. The molecule has 0 saturated carbocycles. The molecule has 90 valence electrons. The van der Waals surface area contributed by atoms with Crippen LogP contribution in [0.2, 0.25) is 0 Å². The van der Waals surface area contributed by atoms with Crippen LogP contribution in [0.5, 0.6) is 0 Å². The number of hydrogen-bond donors (Lipinski definition) is 0. The molecule has 0 unspecified atom stereocenters. The minimum atomic E-state index is -4.93. The Labute approximate surface area is 99.5 Å². The van der Waals surface area contributed by atoms with Gasteiger partial charge in [0, 0.05) is 16.2 Å². The molecule has 1 heterocycles. The first-order valence-corrected chi connectivity index (χ1v) is 5.67. The molecular formula is C11H7F3O2S. The van der Waals surface area contributed by atoms with Crippen LogP contribution in [0, 0.1) is 0 Å². The molecule has 0 radical (unpaired) electrons. The van der Waals surface area contributed by atoms with Gasteiger partial charge in [0.25, 0.3) is 0 Å². The highest BCUT2D eigenvalue weighted by Gasteiger charge is 2.35. The number of carbonyl (C=O) groups excluding carboxylic acids is 1. The van der Waals surface area contributed by atoms with Crippen molar-refractivity contribution in [3.63, 3.8) is 0 Å². The van der Waals surface area contributed by atoms with E-state index in [1.54, 1.807) is 12.1 Å². The normalized spacial score (nSPS) is 14.9. The van der Waals surface area contributed by atoms with Crippen molar-refractivity contribution in [1.82, 2.24) is 0 Å². The van der Waals surface area contributed by atoms with Gasteiger partial charge in [0.2, 0.25) is 0 Å². The molecule has 0 N–H and O–H groups in total. The Balaban J connectivity index is 2.20. The number of hydrogen-bond acceptors (Lipinski definition) is 3. The number of rotatable bonds is 1. The molecule has 1 aliphatic heterocycles. The van der Waals surface area contributed by atoms with Gasteiger partial charge in [-0.3, -0.25) is 0 Å². The van der Waals surface area contributed by atoms with Crippen LogP contribution < -0.4 is 0 Å². The maximum Gasteiger partial charge on any atom is 0.575 e. The lowest BCUT2D eigenvalue weighted by molar-refractivity contribution is -0.303. The van der Waals surface area contributed by atoms with E-state index in [1.807, 2.05) is 12.1 Å². The van der Waals surface area contributed by atoms with E-state index < -0.39 is 12.3 Å². The van der Waals surface area contributed by atoms with E-state index in [4.69, 9.17) is 0 Å². The summed E-state index contributed by atoms with van der Waals surface area (Å²) in [4.78, 5) is 12.1. The van der Waals surface area contributed by atoms with Crippen molar-refractivity contribution in [3.8, 4) is 0 Å². The Bertz CT molecular complexity index is 480. The highest BCUT2D eigenvalue weighted by atomic mass is 32.2. The first-order valence-electron chi connectivity index (χ1n) is 4.68. The molecule has 0 saturated heterocycles. The van der Waals surface area contributed by atoms with Gasteiger partial charge in [-0.1, -0.05) is 18.2 Å². The van der Waals surface area contributed by atoms with Crippen molar-refractivity contribution in [2.45, 2.75) is 11.3 Å². The fraction of sp³-hybridized carbons (Fsp3) is 0.182. The maximum absolute atomic E-state index is 11.9. The van der Waals surface area contributed by atoms with Crippen LogP contribution in [-0.2, 0) is 9.53 Å². The third-order valence-corrected chi connectivity index (χ3v) is 3.24. The average molecular weight is 260 g/mol. The Morgan fingerprint density at radius 3 is 2.71 bits per heavy atom. The van der Waals surface area contributed by atoms with Crippen molar-refractivity contribution in [3.05, 3.63) is 35.4 Å². The third-order valence-electron chi connectivity index (χ3n) is 2.10. The molecule has 17 heavy (non-hydrogen) atoms. The second kappa shape index (κ2) is 4.44. The summed E-state index contributed by atoms with van der Waals surface area (Å²) in [6.45, 7) is 0. The average Bonchev–Trinajstić information content (AvgIpc) is 2.26. The van der Waals surface area contributed by atoms with E-state index in [2.05, 4.69) is 4.74 Å². The molecule has 2 nitrogen and oxygen atoms in total. The Morgan fingerprint density at radius 2 is 2.00 bits per heavy atom. The van der Waals surface area contributed by atoms with Crippen molar-refractivity contribution < 1.29 is 22.7 Å². The molecule has 0 aliphatic carbocycles. The number of thioether (sulfide) groups is 1. The maximum atomic E-state index is 11.9. The number of carbonyl (C=O) groups is 1. The van der Waals surface area contributed by atoms with E-state index in [9.17, 15) is 18.0 Å². The molecule has 6 heteroatoms. The molecule has 0 amide bonds. The fourth-order valence-electron chi connectivity index (χ4n) is 1.40. The lowest BCUT2D eigenvalue weighted by Crippen LogP contribution is -2.22. The number of benzene rings is 1. The van der Waals surface area contributed by atoms with Gasteiger partial charge < -0.3 is 4.74 Å². The van der Waals surface area contributed by atoms with Gasteiger partial charge >= 0.3 is 12.3 Å². The number of alkyl halides is 3. The summed E-state index contributed by atoms with van der Waals surface area (Å²) in [6, 6.07) is 7.18. The van der Waals surface area contributed by atoms with Crippen molar-refractivity contribution >= 4 is 23.8 Å². The van der Waals surface area contributed by atoms with Crippen LogP contribution in [0.4, 0.5) is 13.2 Å². The summed E-state index contributed by atoms with van der Waals surface area (Å²) in [7, 11) is 0. The Hall–Kier alpha value is -1.43. The molecule has 0 fully saturated rings. The lowest BCUT2D eigenvalue weighted by Gasteiger charge is -2.15. The lowest BCUT2D eigenvalue weighted by atomic mass is 10.1. The van der Waals surface area contributed by atoms with E-state index in [1.165, 1.54) is 17.8 Å². The van der Waals surface area contributed by atoms with Gasteiger partial charge in [-0.25, -0.2) is 4.79 Å². The minimum absolute atomic E-state index is 0.0195. The van der Waals surface area contributed by atoms with E-state index in [-0.39, 0.29) is 11.3 Å². The van der Waals surface area contributed by atoms with E-state index in [0.717, 1.165) is 10.5 Å². The first kappa shape index (κ1) is 12.0. The second-order valence-electron chi connectivity index (χ2n) is 3.33. The highest BCUT2D eigenvalue weighted by Crippen LogP contribution is 2.32. The van der Waals surface area contributed by atoms with Crippen LogP contribution in [0.1, 0.15) is 5.56 Å². The number of fused-ring (bicyclic) bond motifs is 1. The molecular weight excluding hydrogens is 253 g/mol. The summed E-state index contributed by atoms with van der Waals surface area (Å²) in [6.07, 6.45) is -3.50. The minimum Gasteiger partial charge on any atom is -0.369 e. The topological polar surface area (TPSA) is 26.3 Å². The number of halogens is 3. The van der Waals surface area contributed by atoms with Gasteiger partial charge in [0.1, 0.15) is 0 Å². The molecule has 0 aromatic heterocycles. The van der Waals surface area contributed by atoms with Gasteiger partial charge in [-0.15, -0.1) is 24.9 Å². The van der Waals surface area contributed by atoms with Crippen LogP contribution in [-0.4, -0.2) is 18.1 Å². The highest BCUT2D eigenvalue weighted by molar-refractivity contribution is 7.99. The standard InChI is InChI=1S/C11H7F3O2S/c12-11(13,14)16-10(15)8-5-7-3-1-2-4-9(7)17-6-8/h1-5H,6H2. The molecule has 1 aromatic carbocycles. The predicted octanol–water partition coefficient (Wildman–Crippen LogP) is 3.24. The monoisotopic (exact) mass is 260 g/mol. The van der Waals surface area contributed by atoms with Gasteiger partial charge in [0.05, 0.1) is 0 Å². The zero-order chi connectivity index (χ0) is 12.5. The van der Waals surface area contributed by atoms with Crippen molar-refractivity contribution in [1.29, 1.82) is 0 Å². The summed E-state index contributed by atoms with van der Waals surface area (Å²) in [5.41, 5.74) is 0.754. The van der Waals surface area contributed by atoms with Crippen molar-refractivity contribution in [2.24, 2.45) is 0 Å². The largest absolute Gasteiger partial charge is 0.575 e. The van der Waals surface area contributed by atoms with Crippen LogP contribution in [0.25, 0.3) is 6.08 Å². The zero-order valence-corrected chi connectivity index (χ0v) is 9.27. The molecule has 0 spiro atoms. The fourth-order valence-corrected chi connectivity index (χ4v) is 2.39. The summed E-state index contributed by atoms with van der Waals surface area (Å²) in [5, 5.41) is 0. The zero-order valence-electron chi connectivity index (χ0n) is 8.45. The van der Waals surface area contributed by atoms with Gasteiger partial charge in [-0.2, -0.15) is 0 Å². The quantitative estimate of drug-likeness (QED) is 0.725. The second-order valence-corrected chi connectivity index (χ2v) is 4.35. The predicted molar refractivity (Wildman–Crippen MR) is 57.3 cm³/mol. The summed E-state index contributed by atoms with van der Waals surface area (Å²) >= 11 is 1.31. The first-order chi connectivity index (χ1) is 7.96. The number of esters is 1. The Kier molecular flexibility index (Phi) is 3.15. The molecule has 0 bridgehead atoms. The molecule has 1 aliphatic rings. The van der Waals surface area contributed by atoms with Crippen LogP contribution in [0.15, 0.2) is 34.7 Å². The summed E-state index contributed by atoms with van der Waals surface area (Å²) in [5.74, 6) is -1.15. The number of ether oxygens (including phenoxy) is 1. The SMILES string of the molecule is O=C(OC(F)(F)F)C1=Cc2ccccc2SC1. The van der Waals surface area contributed by atoms with Crippen LogP contribution in [0.3, 0.4) is 0 Å².